The summed E-state index contributed by atoms with van der Waals surface area (Å²) in [7, 11) is 1.64. The molecule has 0 aliphatic carbocycles. The number of para-hydroxylation sites is 1. The van der Waals surface area contributed by atoms with Crippen LogP contribution in [0.2, 0.25) is 0 Å². The lowest BCUT2D eigenvalue weighted by molar-refractivity contribution is 0.415. The Bertz CT molecular complexity index is 1080. The monoisotopic (exact) mass is 315 g/mol. The number of rotatable bonds is 3. The van der Waals surface area contributed by atoms with E-state index in [2.05, 4.69) is 16.7 Å². The SMILES string of the molecule is COc1ccc2c(=O)c3ccccc3n(Cc3ccccc3)c2c1. The average molecular weight is 315 g/mol. The van der Waals surface area contributed by atoms with E-state index < -0.39 is 0 Å². The number of methoxy groups -OCH3 is 1. The zero-order chi connectivity index (χ0) is 16.5. The van der Waals surface area contributed by atoms with Crippen LogP contribution in [0.4, 0.5) is 0 Å². The fourth-order valence-corrected chi connectivity index (χ4v) is 3.17. The van der Waals surface area contributed by atoms with Crippen LogP contribution in [0.3, 0.4) is 0 Å². The Morgan fingerprint density at radius 2 is 1.54 bits per heavy atom. The molecule has 3 aromatic carbocycles. The van der Waals surface area contributed by atoms with Gasteiger partial charge in [-0.05, 0) is 29.8 Å². The number of hydrogen-bond donors (Lipinski definition) is 0. The highest BCUT2D eigenvalue weighted by molar-refractivity contribution is 5.94. The first-order chi connectivity index (χ1) is 11.8. The van der Waals surface area contributed by atoms with E-state index in [1.807, 2.05) is 60.7 Å². The Morgan fingerprint density at radius 1 is 0.833 bits per heavy atom. The number of fused-ring (bicyclic) bond motifs is 2. The lowest BCUT2D eigenvalue weighted by Crippen LogP contribution is -2.12. The topological polar surface area (TPSA) is 31.2 Å². The lowest BCUT2D eigenvalue weighted by atomic mass is 10.1. The summed E-state index contributed by atoms with van der Waals surface area (Å²) in [6.45, 7) is 0.700. The largest absolute Gasteiger partial charge is 0.497 e. The molecular weight excluding hydrogens is 298 g/mol. The van der Waals surface area contributed by atoms with Gasteiger partial charge in [0.1, 0.15) is 5.75 Å². The minimum absolute atomic E-state index is 0.0626. The van der Waals surface area contributed by atoms with Crippen molar-refractivity contribution in [1.29, 1.82) is 0 Å². The van der Waals surface area contributed by atoms with Crippen LogP contribution in [-0.2, 0) is 6.54 Å². The Kier molecular flexibility index (Phi) is 3.54. The highest BCUT2D eigenvalue weighted by Crippen LogP contribution is 2.24. The van der Waals surface area contributed by atoms with Crippen molar-refractivity contribution in [3.63, 3.8) is 0 Å². The maximum absolute atomic E-state index is 12.8. The standard InChI is InChI=1S/C21H17NO2/c1-24-16-11-12-18-20(13-16)22(14-15-7-3-2-4-8-15)19-10-6-5-9-17(19)21(18)23/h2-13H,14H2,1H3. The molecule has 0 aliphatic heterocycles. The van der Waals surface area contributed by atoms with Crippen LogP contribution in [0.1, 0.15) is 5.56 Å². The molecule has 0 saturated heterocycles. The molecule has 0 fully saturated rings. The molecule has 0 radical (unpaired) electrons. The molecule has 0 N–H and O–H groups in total. The van der Waals surface area contributed by atoms with Gasteiger partial charge in [-0.3, -0.25) is 4.79 Å². The van der Waals surface area contributed by atoms with E-state index in [1.165, 1.54) is 5.56 Å². The molecule has 24 heavy (non-hydrogen) atoms. The van der Waals surface area contributed by atoms with Gasteiger partial charge >= 0.3 is 0 Å². The van der Waals surface area contributed by atoms with E-state index in [9.17, 15) is 4.79 Å². The van der Waals surface area contributed by atoms with Crippen molar-refractivity contribution in [1.82, 2.24) is 4.57 Å². The van der Waals surface area contributed by atoms with Gasteiger partial charge in [0.25, 0.3) is 0 Å². The van der Waals surface area contributed by atoms with Gasteiger partial charge in [-0.1, -0.05) is 42.5 Å². The number of pyridine rings is 1. The van der Waals surface area contributed by atoms with Crippen molar-refractivity contribution in [2.45, 2.75) is 6.54 Å². The second-order valence-corrected chi connectivity index (χ2v) is 5.80. The smallest absolute Gasteiger partial charge is 0.197 e. The molecule has 0 atom stereocenters. The van der Waals surface area contributed by atoms with Gasteiger partial charge in [-0.15, -0.1) is 0 Å². The van der Waals surface area contributed by atoms with Crippen LogP contribution < -0.4 is 10.2 Å². The quantitative estimate of drug-likeness (QED) is 0.530. The average Bonchev–Trinajstić information content (AvgIpc) is 2.65. The summed E-state index contributed by atoms with van der Waals surface area (Å²) < 4.78 is 7.55. The van der Waals surface area contributed by atoms with Gasteiger partial charge in [0.2, 0.25) is 0 Å². The number of ether oxygens (including phenoxy) is 1. The van der Waals surface area contributed by atoms with Crippen LogP contribution in [-0.4, -0.2) is 11.7 Å². The number of aromatic nitrogens is 1. The minimum atomic E-state index is 0.0626. The zero-order valence-corrected chi connectivity index (χ0v) is 13.4. The molecule has 0 aliphatic rings. The summed E-state index contributed by atoms with van der Waals surface area (Å²) in [4.78, 5) is 12.8. The van der Waals surface area contributed by atoms with E-state index in [4.69, 9.17) is 4.74 Å². The molecule has 1 heterocycles. The van der Waals surface area contributed by atoms with Gasteiger partial charge < -0.3 is 9.30 Å². The Morgan fingerprint density at radius 3 is 2.33 bits per heavy atom. The first kappa shape index (κ1) is 14.5. The van der Waals surface area contributed by atoms with E-state index in [-0.39, 0.29) is 5.43 Å². The van der Waals surface area contributed by atoms with E-state index in [1.54, 1.807) is 7.11 Å². The predicted octanol–water partition coefficient (Wildman–Crippen LogP) is 4.21. The molecule has 3 heteroatoms. The predicted molar refractivity (Wildman–Crippen MR) is 97.8 cm³/mol. The molecule has 0 amide bonds. The number of benzene rings is 3. The molecule has 3 nitrogen and oxygen atoms in total. The van der Waals surface area contributed by atoms with E-state index >= 15 is 0 Å². The summed E-state index contributed by atoms with van der Waals surface area (Å²) >= 11 is 0. The van der Waals surface area contributed by atoms with E-state index in [0.717, 1.165) is 22.2 Å². The molecule has 0 unspecified atom stereocenters. The van der Waals surface area contributed by atoms with Crippen molar-refractivity contribution in [2.24, 2.45) is 0 Å². The van der Waals surface area contributed by atoms with Gasteiger partial charge in [-0.25, -0.2) is 0 Å². The molecule has 0 saturated carbocycles. The normalized spacial score (nSPS) is 11.0. The zero-order valence-electron chi connectivity index (χ0n) is 13.4. The van der Waals surface area contributed by atoms with E-state index in [0.29, 0.717) is 11.9 Å². The van der Waals surface area contributed by atoms with Crippen LogP contribution in [0, 0.1) is 0 Å². The summed E-state index contributed by atoms with van der Waals surface area (Å²) in [6, 6.07) is 23.7. The van der Waals surface area contributed by atoms with Gasteiger partial charge in [-0.2, -0.15) is 0 Å². The summed E-state index contributed by atoms with van der Waals surface area (Å²) in [5, 5.41) is 1.46. The third-order valence-corrected chi connectivity index (χ3v) is 4.36. The molecule has 0 bridgehead atoms. The molecule has 1 aromatic heterocycles. The highest BCUT2D eigenvalue weighted by atomic mass is 16.5. The Hall–Kier alpha value is -3.07. The molecule has 118 valence electrons. The number of nitrogens with zero attached hydrogens (tertiary/aromatic N) is 1. The Labute approximate surface area is 139 Å². The van der Waals surface area contributed by atoms with Crippen LogP contribution in [0.5, 0.6) is 5.75 Å². The van der Waals surface area contributed by atoms with Crippen molar-refractivity contribution < 1.29 is 4.74 Å². The van der Waals surface area contributed by atoms with Gasteiger partial charge in [0.15, 0.2) is 5.43 Å². The minimum Gasteiger partial charge on any atom is -0.497 e. The molecule has 0 spiro atoms. The molecule has 4 rings (SSSR count). The van der Waals surface area contributed by atoms with Crippen molar-refractivity contribution in [3.05, 3.63) is 88.6 Å². The third-order valence-electron chi connectivity index (χ3n) is 4.36. The van der Waals surface area contributed by atoms with Crippen molar-refractivity contribution in [2.75, 3.05) is 7.11 Å². The second-order valence-electron chi connectivity index (χ2n) is 5.80. The maximum atomic E-state index is 12.8. The second kappa shape index (κ2) is 5.85. The van der Waals surface area contributed by atoms with Crippen LogP contribution in [0.25, 0.3) is 21.8 Å². The van der Waals surface area contributed by atoms with Crippen LogP contribution >= 0.6 is 0 Å². The summed E-state index contributed by atoms with van der Waals surface area (Å²) in [6.07, 6.45) is 0. The summed E-state index contributed by atoms with van der Waals surface area (Å²) in [5.74, 6) is 0.749. The summed E-state index contributed by atoms with van der Waals surface area (Å²) in [5.41, 5.74) is 3.08. The molecule has 4 aromatic rings. The first-order valence-electron chi connectivity index (χ1n) is 7.91. The Balaban J connectivity index is 2.09. The fraction of sp³-hybridized carbons (Fsp3) is 0.0952. The van der Waals surface area contributed by atoms with Crippen LogP contribution in [0.15, 0.2) is 77.6 Å². The van der Waals surface area contributed by atoms with Gasteiger partial charge in [0.05, 0.1) is 18.1 Å². The van der Waals surface area contributed by atoms with Crippen molar-refractivity contribution in [3.8, 4) is 5.75 Å². The maximum Gasteiger partial charge on any atom is 0.197 e. The first-order valence-corrected chi connectivity index (χ1v) is 7.91. The lowest BCUT2D eigenvalue weighted by Gasteiger charge is -2.16. The highest BCUT2D eigenvalue weighted by Gasteiger charge is 2.11. The van der Waals surface area contributed by atoms with Gasteiger partial charge in [0, 0.05) is 23.4 Å². The fourth-order valence-electron chi connectivity index (χ4n) is 3.17. The number of hydrogen-bond acceptors (Lipinski definition) is 2. The molecular formula is C21H17NO2. The van der Waals surface area contributed by atoms with Crippen molar-refractivity contribution >= 4 is 21.8 Å². The third kappa shape index (κ3) is 2.35.